The van der Waals surface area contributed by atoms with Crippen LogP contribution in [0.3, 0.4) is 0 Å². The first-order valence-corrected chi connectivity index (χ1v) is 8.19. The van der Waals surface area contributed by atoms with Crippen LogP contribution in [0, 0.1) is 5.82 Å². The maximum Gasteiger partial charge on any atom is 0.220 e. The topological polar surface area (TPSA) is 55.1 Å². The maximum absolute atomic E-state index is 13.4. The van der Waals surface area contributed by atoms with E-state index < -0.39 is 5.82 Å². The number of furan rings is 1. The van der Waals surface area contributed by atoms with Crippen molar-refractivity contribution in [3.63, 3.8) is 0 Å². The van der Waals surface area contributed by atoms with Gasteiger partial charge in [-0.2, -0.15) is 0 Å². The second kappa shape index (κ2) is 7.94. The molecule has 0 atom stereocenters. The van der Waals surface area contributed by atoms with Crippen LogP contribution in [0.4, 0.5) is 4.39 Å². The van der Waals surface area contributed by atoms with Crippen LogP contribution < -0.4 is 5.32 Å². The van der Waals surface area contributed by atoms with Gasteiger partial charge in [-0.3, -0.25) is 9.78 Å². The van der Waals surface area contributed by atoms with E-state index in [9.17, 15) is 9.18 Å². The summed E-state index contributed by atoms with van der Waals surface area (Å²) in [4.78, 5) is 16.4. The summed E-state index contributed by atoms with van der Waals surface area (Å²) in [6.45, 7) is 0.345. The van der Waals surface area contributed by atoms with Crippen molar-refractivity contribution >= 4 is 17.5 Å². The molecule has 0 spiro atoms. The second-order valence-corrected chi connectivity index (χ2v) is 5.92. The predicted octanol–water partition coefficient (Wildman–Crippen LogP) is 4.38. The van der Waals surface area contributed by atoms with Crippen molar-refractivity contribution in [1.82, 2.24) is 10.3 Å². The van der Waals surface area contributed by atoms with Crippen LogP contribution >= 0.6 is 11.6 Å². The quantitative estimate of drug-likeness (QED) is 0.711. The molecular weight excluding hydrogens is 343 g/mol. The van der Waals surface area contributed by atoms with Crippen LogP contribution in [-0.4, -0.2) is 10.9 Å². The van der Waals surface area contributed by atoms with Gasteiger partial charge in [0.15, 0.2) is 5.76 Å². The lowest BCUT2D eigenvalue weighted by molar-refractivity contribution is -0.121. The molecule has 6 heteroatoms. The van der Waals surface area contributed by atoms with E-state index in [1.54, 1.807) is 24.6 Å². The highest BCUT2D eigenvalue weighted by Gasteiger charge is 2.10. The Morgan fingerprint density at radius 3 is 2.88 bits per heavy atom. The van der Waals surface area contributed by atoms with Gasteiger partial charge in [0.25, 0.3) is 0 Å². The number of nitrogens with one attached hydrogen (secondary N) is 1. The molecule has 128 valence electrons. The number of pyridine rings is 1. The summed E-state index contributed by atoms with van der Waals surface area (Å²) in [7, 11) is 0. The van der Waals surface area contributed by atoms with Gasteiger partial charge in [0.2, 0.25) is 5.91 Å². The zero-order valence-electron chi connectivity index (χ0n) is 13.3. The molecule has 3 rings (SSSR count). The molecule has 1 amide bonds. The summed E-state index contributed by atoms with van der Waals surface area (Å²) in [5.41, 5.74) is 2.30. The molecule has 0 bridgehead atoms. The third kappa shape index (κ3) is 4.45. The number of hydrogen-bond donors (Lipinski definition) is 1. The highest BCUT2D eigenvalue weighted by molar-refractivity contribution is 6.30. The Hall–Kier alpha value is -2.66. The summed E-state index contributed by atoms with van der Waals surface area (Å²) in [6, 6.07) is 11.9. The number of nitrogens with zero attached hydrogens (tertiary/aromatic N) is 1. The fourth-order valence-corrected chi connectivity index (χ4v) is 2.57. The molecule has 0 aliphatic rings. The van der Waals surface area contributed by atoms with E-state index in [0.29, 0.717) is 24.4 Å². The number of halogens is 2. The van der Waals surface area contributed by atoms with Crippen LogP contribution in [0.2, 0.25) is 5.02 Å². The number of carbonyl (C=O) groups excluding carboxylic acids is 1. The van der Waals surface area contributed by atoms with Gasteiger partial charge in [-0.25, -0.2) is 4.39 Å². The van der Waals surface area contributed by atoms with Gasteiger partial charge in [-0.1, -0.05) is 23.7 Å². The summed E-state index contributed by atoms with van der Waals surface area (Å²) in [6.07, 6.45) is 3.96. The van der Waals surface area contributed by atoms with Gasteiger partial charge < -0.3 is 9.73 Å². The lowest BCUT2D eigenvalue weighted by Gasteiger charge is -2.08. The number of rotatable bonds is 6. The van der Waals surface area contributed by atoms with Crippen molar-refractivity contribution in [2.45, 2.75) is 19.4 Å². The van der Waals surface area contributed by atoms with Crippen molar-refractivity contribution in [3.05, 3.63) is 76.9 Å². The predicted molar refractivity (Wildman–Crippen MR) is 93.5 cm³/mol. The fourth-order valence-electron chi connectivity index (χ4n) is 2.45. The van der Waals surface area contributed by atoms with Crippen LogP contribution in [-0.2, 0) is 17.8 Å². The lowest BCUT2D eigenvalue weighted by Crippen LogP contribution is -2.23. The molecule has 3 aromatic rings. The minimum atomic E-state index is -0.474. The van der Waals surface area contributed by atoms with E-state index in [-0.39, 0.29) is 17.4 Å². The molecule has 2 heterocycles. The van der Waals surface area contributed by atoms with Crippen LogP contribution in [0.1, 0.15) is 17.5 Å². The van der Waals surface area contributed by atoms with E-state index in [1.807, 2.05) is 18.2 Å². The average Bonchev–Trinajstić information content (AvgIpc) is 3.15. The van der Waals surface area contributed by atoms with Gasteiger partial charge in [0, 0.05) is 24.7 Å². The fraction of sp³-hybridized carbons (Fsp3) is 0.158. The number of benzene rings is 1. The van der Waals surface area contributed by atoms with E-state index in [4.69, 9.17) is 16.0 Å². The van der Waals surface area contributed by atoms with Crippen molar-refractivity contribution < 1.29 is 13.6 Å². The molecule has 1 N–H and O–H groups in total. The van der Waals surface area contributed by atoms with E-state index in [2.05, 4.69) is 10.3 Å². The third-order valence-electron chi connectivity index (χ3n) is 3.75. The highest BCUT2D eigenvalue weighted by atomic mass is 35.5. The Morgan fingerprint density at radius 1 is 1.24 bits per heavy atom. The standard InChI is InChI=1S/C19H16ClFN2O2/c20-15-7-5-13(11-16(15)21)6-8-18(24)23-12-14-3-1-9-22-19(14)17-4-2-10-25-17/h1-5,7,9-11H,6,8,12H2,(H,23,24). The van der Waals surface area contributed by atoms with Gasteiger partial charge in [0.05, 0.1) is 11.3 Å². The Bertz CT molecular complexity index is 866. The first-order chi connectivity index (χ1) is 12.1. The summed E-state index contributed by atoms with van der Waals surface area (Å²) >= 11 is 5.65. The Balaban J connectivity index is 1.57. The molecule has 4 nitrogen and oxygen atoms in total. The van der Waals surface area contributed by atoms with Gasteiger partial charge in [0.1, 0.15) is 11.5 Å². The average molecular weight is 359 g/mol. The number of aromatic nitrogens is 1. The molecular formula is C19H16ClFN2O2. The van der Waals surface area contributed by atoms with Crippen molar-refractivity contribution in [2.24, 2.45) is 0 Å². The number of hydrogen-bond acceptors (Lipinski definition) is 3. The van der Waals surface area contributed by atoms with Crippen LogP contribution in [0.25, 0.3) is 11.5 Å². The van der Waals surface area contributed by atoms with Crippen molar-refractivity contribution in [3.8, 4) is 11.5 Å². The Kier molecular flexibility index (Phi) is 5.46. The molecule has 0 radical (unpaired) electrons. The zero-order valence-corrected chi connectivity index (χ0v) is 14.1. The molecule has 0 aliphatic heterocycles. The molecule has 1 aromatic carbocycles. The van der Waals surface area contributed by atoms with Gasteiger partial charge >= 0.3 is 0 Å². The monoisotopic (exact) mass is 358 g/mol. The number of aryl methyl sites for hydroxylation is 1. The largest absolute Gasteiger partial charge is 0.463 e. The molecule has 0 unspecified atom stereocenters. The minimum absolute atomic E-state index is 0.0789. The number of amides is 1. The highest BCUT2D eigenvalue weighted by Crippen LogP contribution is 2.21. The van der Waals surface area contributed by atoms with Crippen molar-refractivity contribution in [2.75, 3.05) is 0 Å². The van der Waals surface area contributed by atoms with E-state index >= 15 is 0 Å². The first kappa shape index (κ1) is 17.2. The van der Waals surface area contributed by atoms with Gasteiger partial charge in [-0.05, 0) is 42.3 Å². The molecule has 0 saturated carbocycles. The summed E-state index contributed by atoms with van der Waals surface area (Å²) in [5.74, 6) is 0.0594. The van der Waals surface area contributed by atoms with E-state index in [0.717, 1.165) is 11.1 Å². The molecule has 0 fully saturated rings. The zero-order chi connectivity index (χ0) is 17.6. The normalized spacial score (nSPS) is 10.6. The van der Waals surface area contributed by atoms with Crippen LogP contribution in [0.5, 0.6) is 0 Å². The second-order valence-electron chi connectivity index (χ2n) is 5.51. The summed E-state index contributed by atoms with van der Waals surface area (Å²) < 4.78 is 18.8. The minimum Gasteiger partial charge on any atom is -0.463 e. The lowest BCUT2D eigenvalue weighted by atomic mass is 10.1. The van der Waals surface area contributed by atoms with E-state index in [1.165, 1.54) is 12.1 Å². The molecule has 2 aromatic heterocycles. The SMILES string of the molecule is O=C(CCc1ccc(Cl)c(F)c1)NCc1cccnc1-c1ccco1. The first-order valence-electron chi connectivity index (χ1n) is 7.82. The van der Waals surface area contributed by atoms with Crippen LogP contribution in [0.15, 0.2) is 59.3 Å². The van der Waals surface area contributed by atoms with Crippen molar-refractivity contribution in [1.29, 1.82) is 0 Å². The molecule has 0 saturated heterocycles. The summed E-state index contributed by atoms with van der Waals surface area (Å²) in [5, 5.41) is 2.94. The maximum atomic E-state index is 13.4. The number of carbonyl (C=O) groups is 1. The van der Waals surface area contributed by atoms with Gasteiger partial charge in [-0.15, -0.1) is 0 Å². The smallest absolute Gasteiger partial charge is 0.220 e. The Morgan fingerprint density at radius 2 is 2.12 bits per heavy atom. The molecule has 0 aliphatic carbocycles. The molecule has 25 heavy (non-hydrogen) atoms. The third-order valence-corrected chi connectivity index (χ3v) is 4.05. The Labute approximate surface area is 149 Å².